The molecule has 0 radical (unpaired) electrons. The van der Waals surface area contributed by atoms with Crippen LogP contribution in [0, 0.1) is 11.7 Å². The fourth-order valence-electron chi connectivity index (χ4n) is 2.41. The monoisotopic (exact) mass is 226 g/mol. The summed E-state index contributed by atoms with van der Waals surface area (Å²) in [5.74, 6) is 0.508. The van der Waals surface area contributed by atoms with E-state index in [1.807, 2.05) is 6.07 Å². The molecular formula is C13H16ClF. The average molecular weight is 227 g/mol. The van der Waals surface area contributed by atoms with Gasteiger partial charge in [0.05, 0.1) is 0 Å². The van der Waals surface area contributed by atoms with E-state index >= 15 is 0 Å². The lowest BCUT2D eigenvalue weighted by atomic mass is 9.84. The van der Waals surface area contributed by atoms with Gasteiger partial charge in [-0.1, -0.05) is 25.0 Å². The van der Waals surface area contributed by atoms with Gasteiger partial charge in [0, 0.05) is 5.38 Å². The summed E-state index contributed by atoms with van der Waals surface area (Å²) in [7, 11) is 0. The van der Waals surface area contributed by atoms with Crippen LogP contribution in [0.25, 0.3) is 0 Å². The fourth-order valence-corrected chi connectivity index (χ4v) is 2.81. The predicted octanol–water partition coefficient (Wildman–Crippen LogP) is 4.17. The van der Waals surface area contributed by atoms with Gasteiger partial charge < -0.3 is 0 Å². The molecule has 0 spiro atoms. The van der Waals surface area contributed by atoms with E-state index in [-0.39, 0.29) is 5.82 Å². The molecule has 1 saturated carbocycles. The Balaban J connectivity index is 1.96. The molecule has 0 saturated heterocycles. The maximum atomic E-state index is 13.0. The normalized spacial score (nSPS) is 26.5. The van der Waals surface area contributed by atoms with E-state index in [9.17, 15) is 4.39 Å². The van der Waals surface area contributed by atoms with Crippen molar-refractivity contribution in [2.75, 3.05) is 0 Å². The smallest absolute Gasteiger partial charge is 0.123 e. The third-order valence-corrected chi connectivity index (χ3v) is 3.53. The molecule has 1 aromatic rings. The van der Waals surface area contributed by atoms with Crippen LogP contribution in [0.3, 0.4) is 0 Å². The van der Waals surface area contributed by atoms with Crippen molar-refractivity contribution in [2.45, 2.75) is 37.5 Å². The molecule has 2 atom stereocenters. The first-order chi connectivity index (χ1) is 7.24. The van der Waals surface area contributed by atoms with Crippen molar-refractivity contribution >= 4 is 11.6 Å². The Kier molecular flexibility index (Phi) is 3.63. The SMILES string of the molecule is Fc1cccc(CC2CCCC(Cl)C2)c1. The molecule has 0 aliphatic heterocycles. The van der Waals surface area contributed by atoms with E-state index < -0.39 is 0 Å². The molecule has 15 heavy (non-hydrogen) atoms. The van der Waals surface area contributed by atoms with Crippen molar-refractivity contribution in [3.8, 4) is 0 Å². The van der Waals surface area contributed by atoms with Crippen LogP contribution in [0.15, 0.2) is 24.3 Å². The van der Waals surface area contributed by atoms with Crippen molar-refractivity contribution in [1.82, 2.24) is 0 Å². The Bertz CT molecular complexity index is 324. The summed E-state index contributed by atoms with van der Waals surface area (Å²) in [5.41, 5.74) is 1.10. The zero-order valence-corrected chi connectivity index (χ0v) is 9.51. The van der Waals surface area contributed by atoms with Crippen LogP contribution in [0.2, 0.25) is 0 Å². The molecule has 2 unspecified atom stereocenters. The highest BCUT2D eigenvalue weighted by Gasteiger charge is 2.20. The maximum absolute atomic E-state index is 13.0. The topological polar surface area (TPSA) is 0 Å². The Morgan fingerprint density at radius 1 is 1.33 bits per heavy atom. The largest absolute Gasteiger partial charge is 0.207 e. The Morgan fingerprint density at radius 3 is 2.93 bits per heavy atom. The van der Waals surface area contributed by atoms with Crippen molar-refractivity contribution in [2.24, 2.45) is 5.92 Å². The zero-order valence-electron chi connectivity index (χ0n) is 8.76. The first-order valence-corrected chi connectivity index (χ1v) is 6.06. The summed E-state index contributed by atoms with van der Waals surface area (Å²) in [6.07, 6.45) is 5.65. The molecule has 0 nitrogen and oxygen atoms in total. The summed E-state index contributed by atoms with van der Waals surface area (Å²) in [4.78, 5) is 0. The average Bonchev–Trinajstić information content (AvgIpc) is 2.17. The van der Waals surface area contributed by atoms with Gasteiger partial charge in [-0.05, 0) is 42.9 Å². The quantitative estimate of drug-likeness (QED) is 0.664. The highest BCUT2D eigenvalue weighted by molar-refractivity contribution is 6.20. The predicted molar refractivity (Wildman–Crippen MR) is 61.7 cm³/mol. The van der Waals surface area contributed by atoms with Crippen molar-refractivity contribution in [1.29, 1.82) is 0 Å². The number of hydrogen-bond donors (Lipinski definition) is 0. The van der Waals surface area contributed by atoms with Crippen LogP contribution in [0.4, 0.5) is 4.39 Å². The molecule has 2 heteroatoms. The molecule has 1 fully saturated rings. The summed E-state index contributed by atoms with van der Waals surface area (Å²) in [6.45, 7) is 0. The second-order valence-electron chi connectivity index (χ2n) is 4.46. The van der Waals surface area contributed by atoms with Gasteiger partial charge in [-0.15, -0.1) is 11.6 Å². The summed E-state index contributed by atoms with van der Waals surface area (Å²) in [5, 5.41) is 0.331. The molecule has 0 bridgehead atoms. The molecule has 82 valence electrons. The standard InChI is InChI=1S/C13H16ClF/c14-12-5-1-3-10(8-12)7-11-4-2-6-13(15)9-11/h2,4,6,9-10,12H,1,3,5,7-8H2. The van der Waals surface area contributed by atoms with E-state index in [0.29, 0.717) is 11.3 Å². The third kappa shape index (κ3) is 3.20. The van der Waals surface area contributed by atoms with Crippen LogP contribution in [0.5, 0.6) is 0 Å². The lowest BCUT2D eigenvalue weighted by Gasteiger charge is -2.25. The number of benzene rings is 1. The van der Waals surface area contributed by atoms with Crippen LogP contribution in [-0.2, 0) is 6.42 Å². The van der Waals surface area contributed by atoms with Crippen LogP contribution >= 0.6 is 11.6 Å². The van der Waals surface area contributed by atoms with E-state index in [4.69, 9.17) is 11.6 Å². The van der Waals surface area contributed by atoms with Crippen LogP contribution in [-0.4, -0.2) is 5.38 Å². The second-order valence-corrected chi connectivity index (χ2v) is 5.08. The number of halogens is 2. The molecule has 0 heterocycles. The minimum absolute atomic E-state index is 0.134. The first-order valence-electron chi connectivity index (χ1n) is 5.62. The van der Waals surface area contributed by atoms with Gasteiger partial charge in [-0.2, -0.15) is 0 Å². The van der Waals surface area contributed by atoms with Crippen molar-refractivity contribution in [3.63, 3.8) is 0 Å². The van der Waals surface area contributed by atoms with Gasteiger partial charge in [0.2, 0.25) is 0 Å². The summed E-state index contributed by atoms with van der Waals surface area (Å²) in [6, 6.07) is 6.92. The zero-order chi connectivity index (χ0) is 10.7. The molecule has 2 rings (SSSR count). The van der Waals surface area contributed by atoms with E-state index in [1.165, 1.54) is 18.9 Å². The second kappa shape index (κ2) is 4.98. The molecular weight excluding hydrogens is 211 g/mol. The highest BCUT2D eigenvalue weighted by atomic mass is 35.5. The fraction of sp³-hybridized carbons (Fsp3) is 0.538. The van der Waals surface area contributed by atoms with Gasteiger partial charge >= 0.3 is 0 Å². The molecule has 0 amide bonds. The molecule has 0 N–H and O–H groups in total. The number of rotatable bonds is 2. The number of hydrogen-bond acceptors (Lipinski definition) is 0. The van der Waals surface area contributed by atoms with E-state index in [2.05, 4.69) is 0 Å². The van der Waals surface area contributed by atoms with E-state index in [1.54, 1.807) is 12.1 Å². The van der Waals surface area contributed by atoms with Crippen molar-refractivity contribution in [3.05, 3.63) is 35.6 Å². The van der Waals surface area contributed by atoms with Crippen molar-refractivity contribution < 1.29 is 4.39 Å². The van der Waals surface area contributed by atoms with Gasteiger partial charge in [0.1, 0.15) is 5.82 Å². The molecule has 1 aliphatic carbocycles. The lowest BCUT2D eigenvalue weighted by molar-refractivity contribution is 0.361. The van der Waals surface area contributed by atoms with Crippen LogP contribution < -0.4 is 0 Å². The Morgan fingerprint density at radius 2 is 2.20 bits per heavy atom. The minimum Gasteiger partial charge on any atom is -0.207 e. The van der Waals surface area contributed by atoms with Gasteiger partial charge in [0.15, 0.2) is 0 Å². The summed E-state index contributed by atoms with van der Waals surface area (Å²) < 4.78 is 13.0. The van der Waals surface area contributed by atoms with E-state index in [0.717, 1.165) is 24.8 Å². The Labute approximate surface area is 95.4 Å². The van der Waals surface area contributed by atoms with Crippen LogP contribution in [0.1, 0.15) is 31.2 Å². The van der Waals surface area contributed by atoms with Gasteiger partial charge in [-0.25, -0.2) is 4.39 Å². The Hall–Kier alpha value is -0.560. The number of alkyl halides is 1. The minimum atomic E-state index is -0.134. The van der Waals surface area contributed by atoms with Gasteiger partial charge in [0.25, 0.3) is 0 Å². The summed E-state index contributed by atoms with van der Waals surface area (Å²) >= 11 is 6.13. The lowest BCUT2D eigenvalue weighted by Crippen LogP contribution is -2.17. The van der Waals surface area contributed by atoms with Gasteiger partial charge in [-0.3, -0.25) is 0 Å². The maximum Gasteiger partial charge on any atom is 0.123 e. The first kappa shape index (κ1) is 10.9. The highest BCUT2D eigenvalue weighted by Crippen LogP contribution is 2.30. The molecule has 1 aromatic carbocycles. The molecule has 1 aliphatic rings. The third-order valence-electron chi connectivity index (χ3n) is 3.13. The molecule has 0 aromatic heterocycles.